The number of amides is 1. The van der Waals surface area contributed by atoms with Crippen LogP contribution >= 0.6 is 0 Å². The molecule has 30 heavy (non-hydrogen) atoms. The minimum Gasteiger partial charge on any atom is -0.393 e. The average molecular weight is 416 g/mol. The summed E-state index contributed by atoms with van der Waals surface area (Å²) >= 11 is 0. The normalized spacial score (nSPS) is 25.2. The van der Waals surface area contributed by atoms with Crippen LogP contribution in [0.15, 0.2) is 54.6 Å². The van der Waals surface area contributed by atoms with Gasteiger partial charge >= 0.3 is 0 Å². The average Bonchev–Trinajstić information content (AvgIpc) is 3.03. The summed E-state index contributed by atoms with van der Waals surface area (Å²) in [6.07, 6.45) is 11.3. The van der Waals surface area contributed by atoms with Gasteiger partial charge in [0.15, 0.2) is 0 Å². The van der Waals surface area contributed by atoms with Crippen LogP contribution in [0.5, 0.6) is 0 Å². The molecule has 1 aromatic carbocycles. The number of carbonyl (C=O) groups excluding carboxylic acids is 1. The molecule has 5 heteroatoms. The summed E-state index contributed by atoms with van der Waals surface area (Å²) in [5.74, 6) is -0.197. The van der Waals surface area contributed by atoms with Crippen LogP contribution in [0, 0.1) is 11.8 Å². The standard InChI is InChI=1S/C25H37NO4/c1-2-26(19-27)17-9-4-3-8-12-22-23(25(30)18-24(22)29)16-15-21(28)14-13-20-10-6-5-7-11-20/h3,5-8,10-11,15-16,19,21-25,28-30H,2,4,9,12-14,17-18H2,1H3/b8-3-,16-15+/t21-,22+,23+,24-,25+/m0/s1. The summed E-state index contributed by atoms with van der Waals surface area (Å²) < 4.78 is 0. The second-order valence-electron chi connectivity index (χ2n) is 8.17. The second-order valence-corrected chi connectivity index (χ2v) is 8.17. The molecule has 1 aliphatic carbocycles. The Bertz CT molecular complexity index is 660. The Morgan fingerprint density at radius 1 is 1.17 bits per heavy atom. The van der Waals surface area contributed by atoms with E-state index in [2.05, 4.69) is 24.3 Å². The molecular weight excluding hydrogens is 378 g/mol. The zero-order valence-corrected chi connectivity index (χ0v) is 18.0. The van der Waals surface area contributed by atoms with Crippen molar-refractivity contribution in [1.29, 1.82) is 0 Å². The Hall–Kier alpha value is -1.95. The Labute approximate surface area is 180 Å². The van der Waals surface area contributed by atoms with Gasteiger partial charge in [0.25, 0.3) is 0 Å². The molecule has 0 unspecified atom stereocenters. The fourth-order valence-corrected chi connectivity index (χ4v) is 4.09. The quantitative estimate of drug-likeness (QED) is 0.263. The van der Waals surface area contributed by atoms with Crippen molar-refractivity contribution in [2.45, 2.75) is 63.8 Å². The lowest BCUT2D eigenvalue weighted by Crippen LogP contribution is -2.22. The molecule has 1 amide bonds. The molecule has 0 saturated heterocycles. The van der Waals surface area contributed by atoms with Gasteiger partial charge in [-0.25, -0.2) is 0 Å². The molecule has 1 fully saturated rings. The van der Waals surface area contributed by atoms with E-state index >= 15 is 0 Å². The minimum absolute atomic E-state index is 0.0454. The molecule has 0 heterocycles. The maximum absolute atomic E-state index is 10.8. The first-order valence-electron chi connectivity index (χ1n) is 11.2. The highest BCUT2D eigenvalue weighted by Crippen LogP contribution is 2.36. The molecule has 3 N–H and O–H groups in total. The van der Waals surface area contributed by atoms with Gasteiger partial charge in [-0.05, 0) is 50.5 Å². The van der Waals surface area contributed by atoms with Crippen molar-refractivity contribution in [3.05, 3.63) is 60.2 Å². The first kappa shape index (κ1) is 24.3. The summed E-state index contributed by atoms with van der Waals surface area (Å²) in [6.45, 7) is 3.44. The monoisotopic (exact) mass is 415 g/mol. The van der Waals surface area contributed by atoms with E-state index in [1.807, 2.05) is 31.2 Å². The molecule has 5 nitrogen and oxygen atoms in total. The van der Waals surface area contributed by atoms with E-state index < -0.39 is 18.3 Å². The molecule has 0 bridgehead atoms. The zero-order valence-electron chi connectivity index (χ0n) is 18.0. The SMILES string of the molecule is CCN(C=O)CCC/C=C\C[C@@H]1[C@@H](/C=C/[C@@H](O)CCc2ccccc2)[C@H](O)C[C@@H]1O. The third kappa shape index (κ3) is 8.05. The highest BCUT2D eigenvalue weighted by Gasteiger charge is 2.39. The fraction of sp³-hybridized carbons (Fsp3) is 0.560. The maximum Gasteiger partial charge on any atom is 0.209 e. The smallest absolute Gasteiger partial charge is 0.209 e. The van der Waals surface area contributed by atoms with Crippen LogP contribution in [0.2, 0.25) is 0 Å². The Balaban J connectivity index is 1.79. The van der Waals surface area contributed by atoms with Gasteiger partial charge in [0.1, 0.15) is 0 Å². The van der Waals surface area contributed by atoms with E-state index in [9.17, 15) is 20.1 Å². The van der Waals surface area contributed by atoms with Crippen LogP contribution in [0.25, 0.3) is 0 Å². The number of aryl methyl sites for hydroxylation is 1. The second kappa shape index (κ2) is 13.4. The predicted octanol–water partition coefficient (Wildman–Crippen LogP) is 3.10. The zero-order chi connectivity index (χ0) is 21.8. The molecule has 2 rings (SSSR count). The molecule has 1 saturated carbocycles. The molecule has 5 atom stereocenters. The van der Waals surface area contributed by atoms with Crippen LogP contribution in [0.4, 0.5) is 0 Å². The molecule has 166 valence electrons. The van der Waals surface area contributed by atoms with Gasteiger partial charge < -0.3 is 20.2 Å². The number of rotatable bonds is 13. The molecule has 1 aromatic rings. The number of aliphatic hydroxyl groups excluding tert-OH is 3. The largest absolute Gasteiger partial charge is 0.393 e. The third-order valence-corrected chi connectivity index (χ3v) is 5.99. The van der Waals surface area contributed by atoms with Crippen molar-refractivity contribution in [1.82, 2.24) is 4.90 Å². The molecule has 0 aliphatic heterocycles. The van der Waals surface area contributed by atoms with Crippen LogP contribution in [-0.4, -0.2) is 58.0 Å². The summed E-state index contributed by atoms with van der Waals surface area (Å²) in [5.41, 5.74) is 1.19. The van der Waals surface area contributed by atoms with Crippen LogP contribution in [0.3, 0.4) is 0 Å². The molecule has 1 aliphatic rings. The minimum atomic E-state index is -0.582. The van der Waals surface area contributed by atoms with E-state index in [1.165, 1.54) is 5.56 Å². The Morgan fingerprint density at radius 2 is 1.93 bits per heavy atom. The number of carbonyl (C=O) groups is 1. The van der Waals surface area contributed by atoms with Crippen LogP contribution < -0.4 is 0 Å². The third-order valence-electron chi connectivity index (χ3n) is 5.99. The summed E-state index contributed by atoms with van der Waals surface area (Å²) in [6, 6.07) is 10.1. The maximum atomic E-state index is 10.8. The van der Waals surface area contributed by atoms with Crippen molar-refractivity contribution in [3.63, 3.8) is 0 Å². The van der Waals surface area contributed by atoms with Gasteiger partial charge in [0, 0.05) is 25.4 Å². The molecular formula is C25H37NO4. The number of nitrogens with zero attached hydrogens (tertiary/aromatic N) is 1. The summed E-state index contributed by atoms with van der Waals surface area (Å²) in [7, 11) is 0. The van der Waals surface area contributed by atoms with Crippen molar-refractivity contribution in [3.8, 4) is 0 Å². The van der Waals surface area contributed by atoms with Gasteiger partial charge in [0.05, 0.1) is 18.3 Å². The van der Waals surface area contributed by atoms with Crippen LogP contribution in [-0.2, 0) is 11.2 Å². The van der Waals surface area contributed by atoms with Gasteiger partial charge in [0.2, 0.25) is 6.41 Å². The van der Waals surface area contributed by atoms with Gasteiger partial charge in [-0.15, -0.1) is 0 Å². The predicted molar refractivity (Wildman–Crippen MR) is 120 cm³/mol. The highest BCUT2D eigenvalue weighted by molar-refractivity contribution is 5.46. The first-order valence-corrected chi connectivity index (χ1v) is 11.2. The number of allylic oxidation sites excluding steroid dienone is 2. The van der Waals surface area contributed by atoms with Crippen molar-refractivity contribution >= 4 is 6.41 Å². The Morgan fingerprint density at radius 3 is 2.63 bits per heavy atom. The topological polar surface area (TPSA) is 81.0 Å². The lowest BCUT2D eigenvalue weighted by molar-refractivity contribution is -0.118. The van der Waals surface area contributed by atoms with E-state index in [0.29, 0.717) is 19.3 Å². The molecule has 0 radical (unpaired) electrons. The van der Waals surface area contributed by atoms with Gasteiger partial charge in [-0.3, -0.25) is 4.79 Å². The van der Waals surface area contributed by atoms with E-state index in [4.69, 9.17) is 0 Å². The molecule has 0 spiro atoms. The number of unbranched alkanes of at least 4 members (excludes halogenated alkanes) is 1. The lowest BCUT2D eigenvalue weighted by Gasteiger charge is -2.19. The van der Waals surface area contributed by atoms with E-state index in [-0.39, 0.29) is 11.8 Å². The van der Waals surface area contributed by atoms with Gasteiger partial charge in [-0.1, -0.05) is 54.6 Å². The first-order chi connectivity index (χ1) is 14.5. The highest BCUT2D eigenvalue weighted by atomic mass is 16.3. The summed E-state index contributed by atoms with van der Waals surface area (Å²) in [4.78, 5) is 12.5. The van der Waals surface area contributed by atoms with Crippen LogP contribution in [0.1, 0.15) is 44.6 Å². The van der Waals surface area contributed by atoms with Crippen molar-refractivity contribution in [2.75, 3.05) is 13.1 Å². The summed E-state index contributed by atoms with van der Waals surface area (Å²) in [5, 5.41) is 31.0. The van der Waals surface area contributed by atoms with E-state index in [0.717, 1.165) is 38.8 Å². The van der Waals surface area contributed by atoms with Crippen molar-refractivity contribution in [2.24, 2.45) is 11.8 Å². The lowest BCUT2D eigenvalue weighted by atomic mass is 9.89. The molecule has 0 aromatic heterocycles. The number of hydrogen-bond acceptors (Lipinski definition) is 4. The van der Waals surface area contributed by atoms with E-state index in [1.54, 1.807) is 11.0 Å². The number of benzene rings is 1. The number of aliphatic hydroxyl groups is 3. The fourth-order valence-electron chi connectivity index (χ4n) is 4.09. The Kier molecular flexibility index (Phi) is 10.8. The van der Waals surface area contributed by atoms with Gasteiger partial charge in [-0.2, -0.15) is 0 Å². The number of hydrogen-bond donors (Lipinski definition) is 3. The van der Waals surface area contributed by atoms with Crippen molar-refractivity contribution < 1.29 is 20.1 Å².